The third-order valence-electron chi connectivity index (χ3n) is 5.80. The third kappa shape index (κ3) is 5.17. The Morgan fingerprint density at radius 3 is 2.87 bits per heavy atom. The predicted molar refractivity (Wildman–Crippen MR) is 101 cm³/mol. The summed E-state index contributed by atoms with van der Waals surface area (Å²) in [6.45, 7) is 13.7. The van der Waals surface area contributed by atoms with Gasteiger partial charge < -0.3 is 10.6 Å². The summed E-state index contributed by atoms with van der Waals surface area (Å²) >= 11 is 2.11. The monoisotopic (exact) mass is 338 g/mol. The molecule has 23 heavy (non-hydrogen) atoms. The molecule has 2 heterocycles. The van der Waals surface area contributed by atoms with Gasteiger partial charge in [-0.3, -0.25) is 4.79 Å². The predicted octanol–water partition coefficient (Wildman–Crippen LogP) is 3.95. The zero-order chi connectivity index (χ0) is 17.0. The second-order valence-corrected chi connectivity index (χ2v) is 9.53. The maximum atomic E-state index is 12.0. The minimum atomic E-state index is 0.170. The number of amides is 1. The van der Waals surface area contributed by atoms with E-state index in [0.717, 1.165) is 37.0 Å². The van der Waals surface area contributed by atoms with Crippen molar-refractivity contribution in [3.8, 4) is 0 Å². The number of rotatable bonds is 8. The van der Waals surface area contributed by atoms with Crippen LogP contribution in [0.4, 0.5) is 0 Å². The minimum Gasteiger partial charge on any atom is -0.385 e. The van der Waals surface area contributed by atoms with Crippen LogP contribution in [0.1, 0.15) is 59.8 Å². The van der Waals surface area contributed by atoms with Crippen molar-refractivity contribution < 1.29 is 4.79 Å². The second kappa shape index (κ2) is 7.96. The third-order valence-corrected chi connectivity index (χ3v) is 7.37. The number of unbranched alkanes of at least 4 members (excludes halogenated alkanes) is 1. The maximum absolute atomic E-state index is 12.0. The molecule has 2 N–H and O–H groups in total. The first-order chi connectivity index (χ1) is 10.8. The van der Waals surface area contributed by atoms with Crippen LogP contribution in [0, 0.1) is 17.3 Å². The molecule has 1 amide bonds. The quantitative estimate of drug-likeness (QED) is 0.658. The number of allylic oxidation sites excluding steroid dienone is 1. The van der Waals surface area contributed by atoms with Gasteiger partial charge in [-0.25, -0.2) is 0 Å². The largest absolute Gasteiger partial charge is 0.385 e. The van der Waals surface area contributed by atoms with E-state index in [9.17, 15) is 4.79 Å². The van der Waals surface area contributed by atoms with E-state index in [2.05, 4.69) is 56.7 Å². The van der Waals surface area contributed by atoms with E-state index < -0.39 is 0 Å². The van der Waals surface area contributed by atoms with Gasteiger partial charge in [0, 0.05) is 35.7 Å². The molecule has 0 spiro atoms. The van der Waals surface area contributed by atoms with Crippen molar-refractivity contribution in [3.63, 3.8) is 0 Å². The van der Waals surface area contributed by atoms with Gasteiger partial charge >= 0.3 is 0 Å². The average molecular weight is 339 g/mol. The van der Waals surface area contributed by atoms with Crippen LogP contribution in [0.5, 0.6) is 0 Å². The summed E-state index contributed by atoms with van der Waals surface area (Å²) < 4.78 is 0. The molecule has 2 aliphatic rings. The summed E-state index contributed by atoms with van der Waals surface area (Å²) in [5, 5.41) is 7.38. The topological polar surface area (TPSA) is 41.1 Å². The standard InChI is InChI=1S/C19H34N2OS/c1-13(2)19(4,5)12-20-18(22)9-7-6-8-17-15-10-14(3)21-16(15)11-23-17/h13,15-17,21H,3,6-12H2,1-2,4-5H3,(H,20,22). The molecule has 0 aliphatic carbocycles. The SMILES string of the molecule is C=C1CC2C(CSC2CCCCC(=O)NCC(C)(C)C(C)C)N1. The average Bonchev–Trinajstić information content (AvgIpc) is 3.01. The molecule has 4 heteroatoms. The summed E-state index contributed by atoms with van der Waals surface area (Å²) in [6.07, 6.45) is 5.23. The first-order valence-electron chi connectivity index (χ1n) is 9.12. The fourth-order valence-electron chi connectivity index (χ4n) is 3.31. The Kier molecular flexibility index (Phi) is 6.47. The molecule has 0 saturated carbocycles. The lowest BCUT2D eigenvalue weighted by atomic mass is 9.81. The first kappa shape index (κ1) is 18.7. The molecule has 2 fully saturated rings. The van der Waals surface area contributed by atoms with E-state index in [0.29, 0.717) is 18.4 Å². The van der Waals surface area contributed by atoms with Gasteiger partial charge in [0.15, 0.2) is 0 Å². The van der Waals surface area contributed by atoms with Crippen LogP contribution in [-0.4, -0.2) is 29.5 Å². The Morgan fingerprint density at radius 1 is 1.43 bits per heavy atom. The van der Waals surface area contributed by atoms with Gasteiger partial charge in [-0.2, -0.15) is 11.8 Å². The summed E-state index contributed by atoms with van der Waals surface area (Å²) in [6, 6.07) is 0.652. The van der Waals surface area contributed by atoms with Crippen LogP contribution in [0.25, 0.3) is 0 Å². The van der Waals surface area contributed by atoms with E-state index in [-0.39, 0.29) is 11.3 Å². The van der Waals surface area contributed by atoms with Crippen LogP contribution < -0.4 is 10.6 Å². The van der Waals surface area contributed by atoms with Gasteiger partial charge in [-0.1, -0.05) is 40.7 Å². The molecule has 0 bridgehead atoms. The molecule has 2 saturated heterocycles. The van der Waals surface area contributed by atoms with Gasteiger partial charge in [0.2, 0.25) is 5.91 Å². The van der Waals surface area contributed by atoms with Crippen molar-refractivity contribution in [2.75, 3.05) is 12.3 Å². The summed E-state index contributed by atoms with van der Waals surface area (Å²) in [4.78, 5) is 12.0. The highest BCUT2D eigenvalue weighted by atomic mass is 32.2. The van der Waals surface area contributed by atoms with E-state index in [4.69, 9.17) is 0 Å². The molecule has 0 radical (unpaired) electrons. The van der Waals surface area contributed by atoms with Crippen molar-refractivity contribution in [2.45, 2.75) is 71.1 Å². The molecular formula is C19H34N2OS. The normalized spacial score (nSPS) is 27.2. The molecule has 3 unspecified atom stereocenters. The molecule has 0 aromatic rings. The Balaban J connectivity index is 1.59. The Morgan fingerprint density at radius 2 is 2.17 bits per heavy atom. The molecule has 3 nitrogen and oxygen atoms in total. The zero-order valence-corrected chi connectivity index (χ0v) is 16.1. The van der Waals surface area contributed by atoms with Gasteiger partial charge in [-0.05, 0) is 36.5 Å². The molecule has 0 aromatic carbocycles. The lowest BCUT2D eigenvalue weighted by Crippen LogP contribution is -2.36. The Labute approximate surface area is 146 Å². The molecular weight excluding hydrogens is 304 g/mol. The second-order valence-electron chi connectivity index (χ2n) is 8.26. The molecule has 2 rings (SSSR count). The van der Waals surface area contributed by atoms with Crippen molar-refractivity contribution in [2.24, 2.45) is 17.3 Å². The zero-order valence-electron chi connectivity index (χ0n) is 15.3. The number of carbonyl (C=O) groups is 1. The van der Waals surface area contributed by atoms with Gasteiger partial charge in [0.1, 0.15) is 0 Å². The van der Waals surface area contributed by atoms with Crippen molar-refractivity contribution >= 4 is 17.7 Å². The van der Waals surface area contributed by atoms with E-state index in [1.54, 1.807) is 0 Å². The maximum Gasteiger partial charge on any atom is 0.220 e. The van der Waals surface area contributed by atoms with E-state index in [1.807, 2.05) is 0 Å². The molecule has 0 aromatic heterocycles. The summed E-state index contributed by atoms with van der Waals surface area (Å²) in [7, 11) is 0. The van der Waals surface area contributed by atoms with Crippen LogP contribution in [0.2, 0.25) is 0 Å². The van der Waals surface area contributed by atoms with Crippen molar-refractivity contribution in [1.29, 1.82) is 0 Å². The fourth-order valence-corrected chi connectivity index (χ4v) is 4.96. The van der Waals surface area contributed by atoms with Crippen molar-refractivity contribution in [3.05, 3.63) is 12.3 Å². The van der Waals surface area contributed by atoms with Crippen LogP contribution in [0.15, 0.2) is 12.3 Å². The van der Waals surface area contributed by atoms with Gasteiger partial charge in [0.05, 0.1) is 0 Å². The Bertz CT molecular complexity index is 433. The molecule has 132 valence electrons. The first-order valence-corrected chi connectivity index (χ1v) is 10.2. The smallest absolute Gasteiger partial charge is 0.220 e. The van der Waals surface area contributed by atoms with Crippen molar-refractivity contribution in [1.82, 2.24) is 10.6 Å². The fraction of sp³-hybridized carbons (Fsp3) is 0.842. The van der Waals surface area contributed by atoms with Gasteiger partial charge in [-0.15, -0.1) is 0 Å². The highest BCUT2D eigenvalue weighted by Gasteiger charge is 2.40. The number of nitrogens with one attached hydrogen (secondary N) is 2. The highest BCUT2D eigenvalue weighted by molar-refractivity contribution is 8.00. The number of hydrogen-bond donors (Lipinski definition) is 2. The summed E-state index contributed by atoms with van der Waals surface area (Å²) in [5.41, 5.74) is 1.39. The van der Waals surface area contributed by atoms with Crippen LogP contribution >= 0.6 is 11.8 Å². The number of hydrogen-bond acceptors (Lipinski definition) is 3. The Hall–Kier alpha value is -0.640. The summed E-state index contributed by atoms with van der Waals surface area (Å²) in [5.74, 6) is 2.78. The molecule has 2 aliphatic heterocycles. The van der Waals surface area contributed by atoms with Crippen LogP contribution in [0.3, 0.4) is 0 Å². The van der Waals surface area contributed by atoms with E-state index >= 15 is 0 Å². The molecule has 3 atom stereocenters. The minimum absolute atomic E-state index is 0.170. The number of fused-ring (bicyclic) bond motifs is 1. The van der Waals surface area contributed by atoms with Crippen LogP contribution in [-0.2, 0) is 4.79 Å². The van der Waals surface area contributed by atoms with Gasteiger partial charge in [0.25, 0.3) is 0 Å². The lowest BCUT2D eigenvalue weighted by Gasteiger charge is -2.29. The lowest BCUT2D eigenvalue weighted by molar-refractivity contribution is -0.121. The number of thioether (sulfide) groups is 1. The highest BCUT2D eigenvalue weighted by Crippen LogP contribution is 2.42. The number of carbonyl (C=O) groups excluding carboxylic acids is 1. The van der Waals surface area contributed by atoms with E-state index in [1.165, 1.54) is 17.9 Å².